The molecule has 4 heteroatoms. The lowest BCUT2D eigenvalue weighted by atomic mass is 10.1. The molecule has 0 saturated heterocycles. The molecule has 4 nitrogen and oxygen atoms in total. The average molecular weight is 240 g/mol. The fourth-order valence-electron chi connectivity index (χ4n) is 1.96. The Morgan fingerprint density at radius 1 is 1.06 bits per heavy atom. The third-order valence-electron chi connectivity index (χ3n) is 2.81. The Morgan fingerprint density at radius 2 is 1.83 bits per heavy atom. The number of nitrogens with zero attached hydrogens (tertiary/aromatic N) is 1. The van der Waals surface area contributed by atoms with E-state index in [1.807, 2.05) is 48.5 Å². The van der Waals surface area contributed by atoms with Crippen molar-refractivity contribution >= 4 is 11.1 Å². The lowest BCUT2D eigenvalue weighted by Crippen LogP contribution is -2.07. The number of aromatic nitrogens is 1. The fraction of sp³-hybridized carbons (Fsp3) is 0.0714. The van der Waals surface area contributed by atoms with Crippen molar-refractivity contribution in [1.82, 2.24) is 10.5 Å². The van der Waals surface area contributed by atoms with Crippen molar-refractivity contribution in [3.8, 4) is 11.5 Å². The molecule has 1 heterocycles. The van der Waals surface area contributed by atoms with Gasteiger partial charge in [0.2, 0.25) is 5.89 Å². The van der Waals surface area contributed by atoms with Gasteiger partial charge in [-0.25, -0.2) is 10.5 Å². The van der Waals surface area contributed by atoms with E-state index >= 15 is 0 Å². The highest BCUT2D eigenvalue weighted by Gasteiger charge is 2.11. The van der Waals surface area contributed by atoms with Gasteiger partial charge in [0.1, 0.15) is 5.52 Å². The maximum atomic E-state index is 8.83. The Morgan fingerprint density at radius 3 is 2.67 bits per heavy atom. The van der Waals surface area contributed by atoms with Crippen LogP contribution in [-0.4, -0.2) is 10.2 Å². The number of hydroxylamine groups is 1. The second kappa shape index (κ2) is 4.60. The molecule has 90 valence electrons. The summed E-state index contributed by atoms with van der Waals surface area (Å²) in [7, 11) is 0. The summed E-state index contributed by atoms with van der Waals surface area (Å²) in [6.07, 6.45) is 0. The summed E-state index contributed by atoms with van der Waals surface area (Å²) < 4.78 is 5.72. The standard InChI is InChI=1S/C14H12N2O2/c17-15-9-10-5-1-2-6-11(10)14-16-12-7-3-4-8-13(12)18-14/h1-8,15,17H,9H2. The largest absolute Gasteiger partial charge is 0.436 e. The van der Waals surface area contributed by atoms with Crippen LogP contribution in [0.25, 0.3) is 22.6 Å². The van der Waals surface area contributed by atoms with E-state index in [2.05, 4.69) is 10.5 Å². The predicted octanol–water partition coefficient (Wildman–Crippen LogP) is 2.97. The monoisotopic (exact) mass is 240 g/mol. The Balaban J connectivity index is 2.13. The summed E-state index contributed by atoms with van der Waals surface area (Å²) >= 11 is 0. The predicted molar refractivity (Wildman–Crippen MR) is 68.1 cm³/mol. The van der Waals surface area contributed by atoms with Crippen LogP contribution in [-0.2, 0) is 6.54 Å². The molecule has 2 N–H and O–H groups in total. The van der Waals surface area contributed by atoms with Gasteiger partial charge in [-0.15, -0.1) is 0 Å². The molecular weight excluding hydrogens is 228 g/mol. The summed E-state index contributed by atoms with van der Waals surface area (Å²) in [6.45, 7) is 0.356. The van der Waals surface area contributed by atoms with Crippen molar-refractivity contribution < 1.29 is 9.62 Å². The van der Waals surface area contributed by atoms with Gasteiger partial charge in [0, 0.05) is 12.1 Å². The van der Waals surface area contributed by atoms with E-state index < -0.39 is 0 Å². The minimum Gasteiger partial charge on any atom is -0.436 e. The van der Waals surface area contributed by atoms with Crippen molar-refractivity contribution in [2.24, 2.45) is 0 Å². The van der Waals surface area contributed by atoms with E-state index in [0.717, 1.165) is 22.2 Å². The second-order valence-electron chi connectivity index (χ2n) is 3.98. The van der Waals surface area contributed by atoms with Gasteiger partial charge in [0.15, 0.2) is 5.58 Å². The first-order valence-corrected chi connectivity index (χ1v) is 5.69. The highest BCUT2D eigenvalue weighted by atomic mass is 16.5. The van der Waals surface area contributed by atoms with Gasteiger partial charge in [-0.3, -0.25) is 0 Å². The Bertz CT molecular complexity index is 643. The lowest BCUT2D eigenvalue weighted by molar-refractivity contribution is 0.161. The van der Waals surface area contributed by atoms with Crippen molar-refractivity contribution in [1.29, 1.82) is 0 Å². The Hall–Kier alpha value is -2.17. The number of rotatable bonds is 3. The number of oxazole rings is 1. The van der Waals surface area contributed by atoms with Crippen molar-refractivity contribution in [2.75, 3.05) is 0 Å². The normalized spacial score (nSPS) is 10.9. The first-order valence-electron chi connectivity index (χ1n) is 5.69. The van der Waals surface area contributed by atoms with Crippen LogP contribution in [0, 0.1) is 0 Å². The second-order valence-corrected chi connectivity index (χ2v) is 3.98. The highest BCUT2D eigenvalue weighted by molar-refractivity contribution is 5.76. The summed E-state index contributed by atoms with van der Waals surface area (Å²) in [4.78, 5) is 4.45. The molecule has 0 amide bonds. The number of fused-ring (bicyclic) bond motifs is 1. The highest BCUT2D eigenvalue weighted by Crippen LogP contribution is 2.26. The van der Waals surface area contributed by atoms with Crippen molar-refractivity contribution in [3.63, 3.8) is 0 Å². The van der Waals surface area contributed by atoms with Gasteiger partial charge in [-0.2, -0.15) is 0 Å². The van der Waals surface area contributed by atoms with E-state index in [1.54, 1.807) is 0 Å². The van der Waals surface area contributed by atoms with Gasteiger partial charge in [0.25, 0.3) is 0 Å². The molecule has 0 saturated carbocycles. The molecule has 0 fully saturated rings. The van der Waals surface area contributed by atoms with E-state index in [1.165, 1.54) is 0 Å². The number of hydrogen-bond acceptors (Lipinski definition) is 4. The van der Waals surface area contributed by atoms with Crippen LogP contribution in [0.2, 0.25) is 0 Å². The molecular formula is C14H12N2O2. The van der Waals surface area contributed by atoms with E-state index in [0.29, 0.717) is 12.4 Å². The number of nitrogens with one attached hydrogen (secondary N) is 1. The molecule has 0 bridgehead atoms. The molecule has 3 aromatic rings. The zero-order valence-corrected chi connectivity index (χ0v) is 9.63. The minimum absolute atomic E-state index is 0.356. The third kappa shape index (κ3) is 1.88. The topological polar surface area (TPSA) is 58.3 Å². The smallest absolute Gasteiger partial charge is 0.227 e. The average Bonchev–Trinajstić information content (AvgIpc) is 2.83. The van der Waals surface area contributed by atoms with Crippen LogP contribution in [0.4, 0.5) is 0 Å². The van der Waals surface area contributed by atoms with E-state index in [-0.39, 0.29) is 0 Å². The number of para-hydroxylation sites is 2. The fourth-order valence-corrected chi connectivity index (χ4v) is 1.96. The van der Waals surface area contributed by atoms with Crippen LogP contribution in [0.15, 0.2) is 52.9 Å². The summed E-state index contributed by atoms with van der Waals surface area (Å²) in [5.41, 5.74) is 5.58. The SMILES string of the molecule is ONCc1ccccc1-c1nc2ccccc2o1. The van der Waals surface area contributed by atoms with Gasteiger partial charge < -0.3 is 9.62 Å². The molecule has 18 heavy (non-hydrogen) atoms. The maximum Gasteiger partial charge on any atom is 0.227 e. The van der Waals surface area contributed by atoms with Crippen LogP contribution in [0.3, 0.4) is 0 Å². The molecule has 0 aliphatic rings. The lowest BCUT2D eigenvalue weighted by Gasteiger charge is -2.04. The summed E-state index contributed by atoms with van der Waals surface area (Å²) in [6, 6.07) is 15.3. The molecule has 3 rings (SSSR count). The maximum absolute atomic E-state index is 8.83. The van der Waals surface area contributed by atoms with Crippen molar-refractivity contribution in [2.45, 2.75) is 6.54 Å². The van der Waals surface area contributed by atoms with Crippen LogP contribution >= 0.6 is 0 Å². The Labute approximate surface area is 104 Å². The zero-order valence-electron chi connectivity index (χ0n) is 9.63. The summed E-state index contributed by atoms with van der Waals surface area (Å²) in [5, 5.41) is 8.83. The van der Waals surface area contributed by atoms with Gasteiger partial charge in [0.05, 0.1) is 0 Å². The van der Waals surface area contributed by atoms with Crippen molar-refractivity contribution in [3.05, 3.63) is 54.1 Å². The quantitative estimate of drug-likeness (QED) is 0.691. The molecule has 0 unspecified atom stereocenters. The van der Waals surface area contributed by atoms with Gasteiger partial charge >= 0.3 is 0 Å². The molecule has 0 aliphatic carbocycles. The molecule has 1 aromatic heterocycles. The number of hydrogen-bond donors (Lipinski definition) is 2. The summed E-state index contributed by atoms with van der Waals surface area (Å²) in [5.74, 6) is 0.571. The van der Waals surface area contributed by atoms with Crippen LogP contribution in [0.1, 0.15) is 5.56 Å². The Kier molecular flexibility index (Phi) is 2.80. The zero-order chi connectivity index (χ0) is 12.4. The number of benzene rings is 2. The van der Waals surface area contributed by atoms with Crippen LogP contribution in [0.5, 0.6) is 0 Å². The van der Waals surface area contributed by atoms with Gasteiger partial charge in [-0.1, -0.05) is 30.3 Å². The first kappa shape index (κ1) is 11.0. The molecule has 0 radical (unpaired) electrons. The van der Waals surface area contributed by atoms with Crippen LogP contribution < -0.4 is 5.48 Å². The minimum atomic E-state index is 0.356. The molecule has 2 aromatic carbocycles. The first-order chi connectivity index (χ1) is 8.88. The molecule has 0 aliphatic heterocycles. The third-order valence-corrected chi connectivity index (χ3v) is 2.81. The molecule has 0 atom stereocenters. The van der Waals surface area contributed by atoms with Gasteiger partial charge in [-0.05, 0) is 23.8 Å². The molecule has 0 spiro atoms. The van der Waals surface area contributed by atoms with E-state index in [9.17, 15) is 0 Å². The van der Waals surface area contributed by atoms with E-state index in [4.69, 9.17) is 9.62 Å².